The number of amides is 1. The van der Waals surface area contributed by atoms with Crippen LogP contribution >= 0.6 is 11.8 Å². The number of nitrogens with zero attached hydrogens (tertiary/aromatic N) is 3. The Labute approximate surface area is 153 Å². The van der Waals surface area contributed by atoms with Gasteiger partial charge in [-0.3, -0.25) is 9.36 Å². The first-order chi connectivity index (χ1) is 12.1. The molecule has 5 nitrogen and oxygen atoms in total. The summed E-state index contributed by atoms with van der Waals surface area (Å²) in [6.07, 6.45) is 3.55. The molecule has 1 aromatic carbocycles. The minimum absolute atomic E-state index is 0.0798. The van der Waals surface area contributed by atoms with Crippen LogP contribution in [0.25, 0.3) is 5.69 Å². The minimum Gasteiger partial charge on any atom is -0.352 e. The van der Waals surface area contributed by atoms with E-state index in [9.17, 15) is 4.79 Å². The molecule has 1 aromatic heterocycles. The molecule has 0 saturated heterocycles. The molecule has 25 heavy (non-hydrogen) atoms. The van der Waals surface area contributed by atoms with Crippen LogP contribution in [0, 0.1) is 18.8 Å². The summed E-state index contributed by atoms with van der Waals surface area (Å²) in [5.74, 6) is 2.48. The van der Waals surface area contributed by atoms with Crippen molar-refractivity contribution in [3.63, 3.8) is 0 Å². The van der Waals surface area contributed by atoms with Crippen LogP contribution in [-0.4, -0.2) is 32.5 Å². The van der Waals surface area contributed by atoms with Gasteiger partial charge in [-0.05, 0) is 37.3 Å². The molecule has 1 amide bonds. The highest BCUT2D eigenvalue weighted by atomic mass is 32.2. The van der Waals surface area contributed by atoms with Gasteiger partial charge in [0, 0.05) is 11.7 Å². The molecule has 3 rings (SSSR count). The molecule has 1 aliphatic carbocycles. The Morgan fingerprint density at radius 2 is 2.00 bits per heavy atom. The summed E-state index contributed by atoms with van der Waals surface area (Å²) in [5.41, 5.74) is 1.02. The Bertz CT molecular complexity index is 715. The van der Waals surface area contributed by atoms with E-state index in [1.165, 1.54) is 24.6 Å². The maximum atomic E-state index is 12.4. The SMILES string of the molecule is Cc1nnc(SCC(=O)NC2CCCC(C)C2C)n1-c1ccccc1. The van der Waals surface area contributed by atoms with Crippen LogP contribution in [0.2, 0.25) is 0 Å². The Morgan fingerprint density at radius 1 is 1.24 bits per heavy atom. The number of aromatic nitrogens is 3. The van der Waals surface area contributed by atoms with Crippen LogP contribution in [0.5, 0.6) is 0 Å². The molecule has 134 valence electrons. The van der Waals surface area contributed by atoms with Crippen LogP contribution in [0.4, 0.5) is 0 Å². The van der Waals surface area contributed by atoms with Gasteiger partial charge in [-0.15, -0.1) is 10.2 Å². The van der Waals surface area contributed by atoms with Crippen molar-refractivity contribution < 1.29 is 4.79 Å². The van der Waals surface area contributed by atoms with Gasteiger partial charge in [0.05, 0.1) is 5.75 Å². The lowest BCUT2D eigenvalue weighted by Crippen LogP contribution is -2.44. The molecule has 0 radical (unpaired) electrons. The Balaban J connectivity index is 1.62. The highest BCUT2D eigenvalue weighted by molar-refractivity contribution is 7.99. The summed E-state index contributed by atoms with van der Waals surface area (Å²) in [4.78, 5) is 12.4. The minimum atomic E-state index is 0.0798. The number of para-hydroxylation sites is 1. The maximum absolute atomic E-state index is 12.4. The predicted octanol–water partition coefficient (Wildman–Crippen LogP) is 3.61. The zero-order valence-electron chi connectivity index (χ0n) is 15.1. The van der Waals surface area contributed by atoms with E-state index in [2.05, 4.69) is 29.4 Å². The second-order valence-corrected chi connectivity index (χ2v) is 7.87. The molecule has 1 N–H and O–H groups in total. The third-order valence-corrected chi connectivity index (χ3v) is 6.12. The van der Waals surface area contributed by atoms with E-state index < -0.39 is 0 Å². The fraction of sp³-hybridized carbons (Fsp3) is 0.526. The maximum Gasteiger partial charge on any atom is 0.230 e. The van der Waals surface area contributed by atoms with Gasteiger partial charge in [-0.2, -0.15) is 0 Å². The molecule has 6 heteroatoms. The monoisotopic (exact) mass is 358 g/mol. The first-order valence-corrected chi connectivity index (χ1v) is 9.94. The highest BCUT2D eigenvalue weighted by Gasteiger charge is 2.28. The molecule has 1 saturated carbocycles. The molecule has 3 unspecified atom stereocenters. The number of thioether (sulfide) groups is 1. The first kappa shape index (κ1) is 18.0. The third-order valence-electron chi connectivity index (χ3n) is 5.20. The van der Waals surface area contributed by atoms with Gasteiger partial charge in [0.2, 0.25) is 5.91 Å². The lowest BCUT2D eigenvalue weighted by Gasteiger charge is -2.34. The van der Waals surface area contributed by atoms with Crippen molar-refractivity contribution in [2.24, 2.45) is 11.8 Å². The number of rotatable bonds is 5. The van der Waals surface area contributed by atoms with Crippen molar-refractivity contribution in [1.29, 1.82) is 0 Å². The van der Waals surface area contributed by atoms with Crippen LogP contribution in [0.1, 0.15) is 38.9 Å². The molecule has 0 spiro atoms. The number of aryl methyl sites for hydroxylation is 1. The van der Waals surface area contributed by atoms with Crippen LogP contribution in [0.3, 0.4) is 0 Å². The number of carbonyl (C=O) groups excluding carboxylic acids is 1. The third kappa shape index (κ3) is 4.24. The normalized spacial score (nSPS) is 23.4. The summed E-state index contributed by atoms with van der Waals surface area (Å²) in [5, 5.41) is 12.4. The number of hydrogen-bond donors (Lipinski definition) is 1. The predicted molar refractivity (Wildman–Crippen MR) is 101 cm³/mol. The van der Waals surface area contributed by atoms with Crippen molar-refractivity contribution in [3.8, 4) is 5.69 Å². The zero-order valence-corrected chi connectivity index (χ0v) is 15.9. The summed E-state index contributed by atoms with van der Waals surface area (Å²) in [7, 11) is 0. The standard InChI is InChI=1S/C19H26N4OS/c1-13-8-7-11-17(14(13)2)20-18(24)12-25-19-22-21-15(3)23(19)16-9-5-4-6-10-16/h4-6,9-10,13-14,17H,7-8,11-12H2,1-3H3,(H,20,24). The zero-order chi connectivity index (χ0) is 17.8. The van der Waals surface area contributed by atoms with E-state index in [0.717, 1.165) is 23.1 Å². The number of benzene rings is 1. The van der Waals surface area contributed by atoms with Gasteiger partial charge in [0.15, 0.2) is 5.16 Å². The van der Waals surface area contributed by atoms with Crippen molar-refractivity contribution >= 4 is 17.7 Å². The molecule has 0 bridgehead atoms. The lowest BCUT2D eigenvalue weighted by atomic mass is 9.78. The summed E-state index contributed by atoms with van der Waals surface area (Å²) in [6, 6.07) is 10.3. The van der Waals surface area contributed by atoms with Crippen molar-refractivity contribution in [2.75, 3.05) is 5.75 Å². The second kappa shape index (κ2) is 8.04. The Kier molecular flexibility index (Phi) is 5.78. The van der Waals surface area contributed by atoms with Crippen molar-refractivity contribution in [3.05, 3.63) is 36.2 Å². The van der Waals surface area contributed by atoms with Crippen molar-refractivity contribution in [1.82, 2.24) is 20.1 Å². The van der Waals surface area contributed by atoms with Crippen LogP contribution in [0.15, 0.2) is 35.5 Å². The number of carbonyl (C=O) groups is 1. The largest absolute Gasteiger partial charge is 0.352 e. The Hall–Kier alpha value is -1.82. The molecule has 2 aromatic rings. The molecule has 3 atom stereocenters. The van der Waals surface area contributed by atoms with Gasteiger partial charge >= 0.3 is 0 Å². The Morgan fingerprint density at radius 3 is 2.76 bits per heavy atom. The number of nitrogens with one attached hydrogen (secondary N) is 1. The molecular formula is C19H26N4OS. The highest BCUT2D eigenvalue weighted by Crippen LogP contribution is 2.29. The van der Waals surface area contributed by atoms with Gasteiger partial charge < -0.3 is 5.32 Å². The van der Waals surface area contributed by atoms with Gasteiger partial charge in [0.25, 0.3) is 0 Å². The summed E-state index contributed by atoms with van der Waals surface area (Å²) < 4.78 is 1.99. The quantitative estimate of drug-likeness (QED) is 0.830. The molecule has 0 aliphatic heterocycles. The van der Waals surface area contributed by atoms with E-state index >= 15 is 0 Å². The second-order valence-electron chi connectivity index (χ2n) is 6.93. The van der Waals surface area contributed by atoms with E-state index in [4.69, 9.17) is 0 Å². The van der Waals surface area contributed by atoms with Gasteiger partial charge in [0.1, 0.15) is 5.82 Å². The lowest BCUT2D eigenvalue weighted by molar-refractivity contribution is -0.120. The smallest absolute Gasteiger partial charge is 0.230 e. The van der Waals surface area contributed by atoms with E-state index in [1.807, 2.05) is 41.8 Å². The molecular weight excluding hydrogens is 332 g/mol. The molecule has 1 fully saturated rings. The van der Waals surface area contributed by atoms with E-state index in [1.54, 1.807) is 0 Å². The number of hydrogen-bond acceptors (Lipinski definition) is 4. The summed E-state index contributed by atoms with van der Waals surface area (Å²) >= 11 is 1.44. The van der Waals surface area contributed by atoms with Gasteiger partial charge in [-0.25, -0.2) is 0 Å². The average molecular weight is 359 g/mol. The molecule has 1 heterocycles. The van der Waals surface area contributed by atoms with Gasteiger partial charge in [-0.1, -0.05) is 56.7 Å². The van der Waals surface area contributed by atoms with Crippen LogP contribution in [-0.2, 0) is 4.79 Å². The average Bonchev–Trinajstić information content (AvgIpc) is 2.98. The fourth-order valence-electron chi connectivity index (χ4n) is 3.48. The fourth-order valence-corrected chi connectivity index (χ4v) is 4.28. The first-order valence-electron chi connectivity index (χ1n) is 8.96. The van der Waals surface area contributed by atoms with Crippen molar-refractivity contribution in [2.45, 2.75) is 51.2 Å². The van der Waals surface area contributed by atoms with Crippen LogP contribution < -0.4 is 5.32 Å². The van der Waals surface area contributed by atoms with E-state index in [-0.39, 0.29) is 5.91 Å². The molecule has 1 aliphatic rings. The topological polar surface area (TPSA) is 59.8 Å². The summed E-state index contributed by atoms with van der Waals surface area (Å²) in [6.45, 7) is 6.45. The van der Waals surface area contributed by atoms with E-state index in [0.29, 0.717) is 23.6 Å².